The molecule has 31 heavy (non-hydrogen) atoms. The van der Waals surface area contributed by atoms with Crippen molar-refractivity contribution in [3.8, 4) is 0 Å². The smallest absolute Gasteiger partial charge is 0.383 e. The second-order valence-corrected chi connectivity index (χ2v) is 8.53. The molecule has 0 saturated carbocycles. The minimum atomic E-state index is -7.38. The third-order valence-electron chi connectivity index (χ3n) is 4.42. The molecule has 1 aromatic rings. The summed E-state index contributed by atoms with van der Waals surface area (Å²) in [6.45, 7) is 0. The Hall–Kier alpha value is -1.70. The van der Waals surface area contributed by atoms with E-state index in [1.165, 1.54) is 12.1 Å². The summed E-state index contributed by atoms with van der Waals surface area (Å²) in [6.07, 6.45) is -7.28. The molecule has 0 amide bonds. The quantitative estimate of drug-likeness (QED) is 0.330. The van der Waals surface area contributed by atoms with Gasteiger partial charge in [-0.15, -0.1) is 0 Å². The van der Waals surface area contributed by atoms with Crippen molar-refractivity contribution >= 4 is 21.7 Å². The second kappa shape index (κ2) is 8.01. The molecule has 1 unspecified atom stereocenters. The number of alkyl halides is 9. The maximum absolute atomic E-state index is 13.9. The Kier molecular flexibility index (Phi) is 6.61. The SMILES string of the molecule is O=S(=O)(OC1=CCC(c2ccc(Cl)cc2F)CC1)C(F)(F)C(F)(F)C(F)(F)C(F)(F)F. The van der Waals surface area contributed by atoms with E-state index in [-0.39, 0.29) is 23.4 Å². The summed E-state index contributed by atoms with van der Waals surface area (Å²) in [5, 5.41) is -6.86. The highest BCUT2D eigenvalue weighted by Gasteiger charge is 2.86. The van der Waals surface area contributed by atoms with Gasteiger partial charge in [-0.05, 0) is 42.5 Å². The van der Waals surface area contributed by atoms with Gasteiger partial charge in [0.2, 0.25) is 0 Å². The second-order valence-electron chi connectivity index (χ2n) is 6.51. The molecule has 2 rings (SSSR count). The highest BCUT2D eigenvalue weighted by atomic mass is 35.5. The van der Waals surface area contributed by atoms with Gasteiger partial charge < -0.3 is 4.18 Å². The van der Waals surface area contributed by atoms with Gasteiger partial charge in [0.15, 0.2) is 0 Å². The molecule has 0 fully saturated rings. The van der Waals surface area contributed by atoms with Gasteiger partial charge in [0.25, 0.3) is 0 Å². The Morgan fingerprint density at radius 2 is 1.55 bits per heavy atom. The Morgan fingerprint density at radius 3 is 2.00 bits per heavy atom. The van der Waals surface area contributed by atoms with Crippen LogP contribution in [0.15, 0.2) is 30.0 Å². The summed E-state index contributed by atoms with van der Waals surface area (Å²) in [4.78, 5) is 0. The van der Waals surface area contributed by atoms with Gasteiger partial charge in [-0.3, -0.25) is 0 Å². The van der Waals surface area contributed by atoms with Crippen LogP contribution in [0.25, 0.3) is 0 Å². The van der Waals surface area contributed by atoms with Gasteiger partial charge >= 0.3 is 33.4 Å². The minimum absolute atomic E-state index is 0.0709. The van der Waals surface area contributed by atoms with Crippen molar-refractivity contribution in [2.75, 3.05) is 0 Å². The van der Waals surface area contributed by atoms with E-state index in [2.05, 4.69) is 4.18 Å². The lowest BCUT2D eigenvalue weighted by Crippen LogP contribution is -2.63. The molecule has 0 saturated heterocycles. The zero-order chi connectivity index (χ0) is 24.0. The standard InChI is InChI=1S/C16H11ClF10O3S/c17-9-3-6-11(12(18)7-9)8-1-4-10(5-2-8)30-31(28,29)16(26,27)14(21,22)13(19,20)15(23,24)25/h3-4,6-8H,1-2,5H2. The van der Waals surface area contributed by atoms with E-state index in [4.69, 9.17) is 11.6 Å². The molecule has 1 aliphatic rings. The van der Waals surface area contributed by atoms with Crippen molar-refractivity contribution in [2.24, 2.45) is 0 Å². The number of benzene rings is 1. The predicted molar refractivity (Wildman–Crippen MR) is 87.0 cm³/mol. The first-order valence-corrected chi connectivity index (χ1v) is 9.92. The molecule has 0 spiro atoms. The Labute approximate surface area is 173 Å². The van der Waals surface area contributed by atoms with Crippen molar-refractivity contribution in [2.45, 2.75) is 48.5 Å². The fourth-order valence-corrected chi connectivity index (χ4v) is 3.85. The first-order valence-electron chi connectivity index (χ1n) is 8.13. The fourth-order valence-electron chi connectivity index (χ4n) is 2.71. The lowest BCUT2D eigenvalue weighted by molar-refractivity contribution is -0.382. The number of allylic oxidation sites excluding steroid dienone is 2. The first-order chi connectivity index (χ1) is 13.8. The summed E-state index contributed by atoms with van der Waals surface area (Å²) in [7, 11) is -6.98. The van der Waals surface area contributed by atoms with Gasteiger partial charge in [0, 0.05) is 11.4 Å². The predicted octanol–water partition coefficient (Wildman–Crippen LogP) is 6.40. The van der Waals surface area contributed by atoms with Crippen molar-refractivity contribution in [3.63, 3.8) is 0 Å². The summed E-state index contributed by atoms with van der Waals surface area (Å²) >= 11 is 5.60. The van der Waals surface area contributed by atoms with Crippen LogP contribution in [0.5, 0.6) is 0 Å². The molecule has 176 valence electrons. The van der Waals surface area contributed by atoms with Gasteiger partial charge in [0.1, 0.15) is 11.6 Å². The van der Waals surface area contributed by atoms with E-state index in [1.54, 1.807) is 0 Å². The molecule has 1 aliphatic carbocycles. The molecule has 0 heterocycles. The monoisotopic (exact) mass is 508 g/mol. The first kappa shape index (κ1) is 25.6. The van der Waals surface area contributed by atoms with Gasteiger partial charge in [-0.25, -0.2) is 4.39 Å². The molecule has 15 heteroatoms. The van der Waals surface area contributed by atoms with Crippen LogP contribution in [0, 0.1) is 5.82 Å². The molecule has 0 N–H and O–H groups in total. The van der Waals surface area contributed by atoms with E-state index in [0.29, 0.717) is 0 Å². The molecule has 0 bridgehead atoms. The Morgan fingerprint density at radius 1 is 0.968 bits per heavy atom. The minimum Gasteiger partial charge on any atom is -0.383 e. The van der Waals surface area contributed by atoms with Gasteiger partial charge in [-0.1, -0.05) is 17.7 Å². The molecule has 0 aromatic heterocycles. The molecular weight excluding hydrogens is 498 g/mol. The third-order valence-corrected chi connectivity index (χ3v) is 5.97. The zero-order valence-corrected chi connectivity index (χ0v) is 16.4. The van der Waals surface area contributed by atoms with Crippen LogP contribution in [0.3, 0.4) is 0 Å². The maximum atomic E-state index is 13.9. The summed E-state index contributed by atoms with van der Waals surface area (Å²) in [5.41, 5.74) is 0.115. The van der Waals surface area contributed by atoms with E-state index in [0.717, 1.165) is 12.1 Å². The van der Waals surface area contributed by atoms with E-state index >= 15 is 0 Å². The van der Waals surface area contributed by atoms with Crippen molar-refractivity contribution in [1.82, 2.24) is 0 Å². The fraction of sp³-hybridized carbons (Fsp3) is 0.500. The number of halogens is 11. The molecule has 0 radical (unpaired) electrons. The molecule has 0 aliphatic heterocycles. The van der Waals surface area contributed by atoms with Crippen molar-refractivity contribution in [1.29, 1.82) is 0 Å². The van der Waals surface area contributed by atoms with Crippen LogP contribution < -0.4 is 0 Å². The number of hydrogen-bond acceptors (Lipinski definition) is 3. The normalized spacial score (nSPS) is 19.2. The Balaban J connectivity index is 2.25. The number of hydrogen-bond donors (Lipinski definition) is 0. The van der Waals surface area contributed by atoms with Crippen LogP contribution in [0.4, 0.5) is 43.9 Å². The number of rotatable bonds is 6. The zero-order valence-electron chi connectivity index (χ0n) is 14.8. The van der Waals surface area contributed by atoms with E-state index in [9.17, 15) is 52.3 Å². The van der Waals surface area contributed by atoms with E-state index < -0.39 is 57.3 Å². The van der Waals surface area contributed by atoms with Crippen LogP contribution in [0.1, 0.15) is 30.7 Å². The molecule has 3 nitrogen and oxygen atoms in total. The van der Waals surface area contributed by atoms with Crippen LogP contribution in [-0.4, -0.2) is 31.7 Å². The lowest BCUT2D eigenvalue weighted by atomic mass is 9.87. The van der Waals surface area contributed by atoms with Crippen molar-refractivity contribution in [3.05, 3.63) is 46.4 Å². The van der Waals surface area contributed by atoms with E-state index in [1.807, 2.05) is 0 Å². The van der Waals surface area contributed by atoms with Gasteiger partial charge in [-0.2, -0.15) is 47.9 Å². The highest BCUT2D eigenvalue weighted by molar-refractivity contribution is 7.88. The average molecular weight is 509 g/mol. The topological polar surface area (TPSA) is 43.4 Å². The molecule has 1 aromatic carbocycles. The summed E-state index contributed by atoms with van der Waals surface area (Å²) < 4.78 is 157. The lowest BCUT2D eigenvalue weighted by Gasteiger charge is -2.33. The van der Waals surface area contributed by atoms with Crippen LogP contribution >= 0.6 is 11.6 Å². The summed E-state index contributed by atoms with van der Waals surface area (Å²) in [6, 6.07) is 3.61. The van der Waals surface area contributed by atoms with Crippen LogP contribution in [-0.2, 0) is 14.3 Å². The van der Waals surface area contributed by atoms with Crippen LogP contribution in [0.2, 0.25) is 5.02 Å². The maximum Gasteiger partial charge on any atom is 0.460 e. The highest BCUT2D eigenvalue weighted by Crippen LogP contribution is 2.55. The summed E-state index contributed by atoms with van der Waals surface area (Å²) in [5.74, 6) is -17.0. The molecular formula is C16H11ClF10O3S. The Bertz CT molecular complexity index is 972. The average Bonchev–Trinajstić information content (AvgIpc) is 2.61. The third kappa shape index (κ3) is 4.45. The van der Waals surface area contributed by atoms with Crippen molar-refractivity contribution < 1.29 is 56.5 Å². The largest absolute Gasteiger partial charge is 0.460 e. The molecule has 1 atom stereocenters. The van der Waals surface area contributed by atoms with Gasteiger partial charge in [0.05, 0.1) is 0 Å².